The van der Waals surface area contributed by atoms with Crippen molar-refractivity contribution in [3.8, 4) is 5.75 Å². The molecule has 146 valence electrons. The lowest BCUT2D eigenvalue weighted by atomic mass is 10.1. The van der Waals surface area contributed by atoms with Gasteiger partial charge in [-0.3, -0.25) is 0 Å². The van der Waals surface area contributed by atoms with E-state index in [0.29, 0.717) is 0 Å². The number of anilines is 1. The number of para-hydroxylation sites is 3. The first-order valence-electron chi connectivity index (χ1n) is 10.00. The molecule has 4 heteroatoms. The second kappa shape index (κ2) is 8.65. The number of aromatic nitrogens is 1. The van der Waals surface area contributed by atoms with Gasteiger partial charge in [0.1, 0.15) is 6.54 Å². The van der Waals surface area contributed by atoms with Crippen molar-refractivity contribution in [2.24, 2.45) is 0 Å². The highest BCUT2D eigenvalue weighted by atomic mass is 16.5. The molecule has 1 aliphatic heterocycles. The lowest BCUT2D eigenvalue weighted by Gasteiger charge is -1.95. The summed E-state index contributed by atoms with van der Waals surface area (Å²) in [5.41, 5.74) is 4.43. The minimum Gasteiger partial charge on any atom is -0.439 e. The third kappa shape index (κ3) is 4.02. The van der Waals surface area contributed by atoms with Crippen LogP contribution in [-0.2, 0) is 13.0 Å². The van der Waals surface area contributed by atoms with E-state index in [1.165, 1.54) is 11.1 Å². The van der Waals surface area contributed by atoms with Crippen molar-refractivity contribution in [1.29, 1.82) is 0 Å². The number of nitrogens with one attached hydrogen (secondary N) is 1. The van der Waals surface area contributed by atoms with E-state index in [9.17, 15) is 0 Å². The van der Waals surface area contributed by atoms with E-state index in [-0.39, 0.29) is 0 Å². The monoisotopic (exact) mass is 385 g/mol. The zero-order valence-electron chi connectivity index (χ0n) is 16.8. The molecular weight excluding hydrogens is 360 g/mol. The lowest BCUT2D eigenvalue weighted by molar-refractivity contribution is -0.674. The van der Waals surface area contributed by atoms with Crippen molar-refractivity contribution in [3.63, 3.8) is 0 Å². The highest BCUT2D eigenvalue weighted by Gasteiger charge is 2.21. The maximum absolute atomic E-state index is 6.05. The van der Waals surface area contributed by atoms with Crippen molar-refractivity contribution < 1.29 is 13.7 Å². The third-order valence-corrected chi connectivity index (χ3v) is 4.83. The number of nitrogens with zero attached hydrogens (tertiary/aromatic N) is 1. The molecule has 2 heterocycles. The van der Waals surface area contributed by atoms with Gasteiger partial charge in [0.05, 0.1) is 11.8 Å². The van der Waals surface area contributed by atoms with Crippen molar-refractivity contribution in [3.05, 3.63) is 96.3 Å². The van der Waals surface area contributed by atoms with E-state index >= 15 is 0 Å². The molecule has 0 amide bonds. The van der Waals surface area contributed by atoms with Crippen molar-refractivity contribution in [1.82, 2.24) is 0 Å². The molecule has 1 aliphatic rings. The number of ether oxygens (including phenoxy) is 1. The Balaban J connectivity index is 1.41. The Morgan fingerprint density at radius 2 is 1.76 bits per heavy atom. The van der Waals surface area contributed by atoms with Crippen LogP contribution in [0.2, 0.25) is 0 Å². The molecule has 0 aliphatic carbocycles. The second-order valence-electron chi connectivity index (χ2n) is 6.69. The van der Waals surface area contributed by atoms with E-state index in [1.54, 1.807) is 0 Å². The van der Waals surface area contributed by atoms with Crippen molar-refractivity contribution in [2.45, 2.75) is 26.8 Å². The van der Waals surface area contributed by atoms with Crippen LogP contribution >= 0.6 is 0 Å². The van der Waals surface area contributed by atoms with Crippen LogP contribution in [0, 0.1) is 0 Å². The molecule has 0 atom stereocenters. The van der Waals surface area contributed by atoms with Crippen LogP contribution in [0.5, 0.6) is 5.75 Å². The van der Waals surface area contributed by atoms with E-state index in [4.69, 9.17) is 9.15 Å². The van der Waals surface area contributed by atoms with Gasteiger partial charge in [-0.25, -0.2) is 0 Å². The molecule has 0 fully saturated rings. The number of aryl methyl sites for hydroxylation is 2. The Kier molecular flexibility index (Phi) is 5.61. The van der Waals surface area contributed by atoms with Crippen LogP contribution in [0.4, 0.5) is 5.69 Å². The second-order valence-corrected chi connectivity index (χ2v) is 6.69. The number of hydrogen-bond donors (Lipinski definition) is 1. The maximum Gasteiger partial charge on any atom is 0.374 e. The van der Waals surface area contributed by atoms with Crippen molar-refractivity contribution >= 4 is 22.9 Å². The summed E-state index contributed by atoms with van der Waals surface area (Å²) in [6.45, 7) is 5.19. The average molecular weight is 385 g/mol. The summed E-state index contributed by atoms with van der Waals surface area (Å²) >= 11 is 0. The highest BCUT2D eigenvalue weighted by molar-refractivity contribution is 5.74. The molecule has 0 saturated carbocycles. The SMILES string of the molecule is CCc1cccc2oc(C=CC=CC=CC=C3Nc4ccccc4O3)[n+](CC)c12. The summed E-state index contributed by atoms with van der Waals surface area (Å²) in [5.74, 6) is 2.44. The summed E-state index contributed by atoms with van der Waals surface area (Å²) < 4.78 is 14.0. The fourth-order valence-electron chi connectivity index (χ4n) is 3.44. The first-order chi connectivity index (χ1) is 14.3. The summed E-state index contributed by atoms with van der Waals surface area (Å²) in [5, 5.41) is 3.23. The quantitative estimate of drug-likeness (QED) is 0.432. The van der Waals surface area contributed by atoms with E-state index in [0.717, 1.165) is 41.8 Å². The fourth-order valence-corrected chi connectivity index (χ4v) is 3.44. The van der Waals surface area contributed by atoms with Gasteiger partial charge in [-0.2, -0.15) is 4.57 Å². The maximum atomic E-state index is 6.05. The molecule has 0 saturated heterocycles. The molecule has 1 N–H and O–H groups in total. The van der Waals surface area contributed by atoms with Gasteiger partial charge in [0.15, 0.2) is 11.6 Å². The van der Waals surface area contributed by atoms with E-state index in [1.807, 2.05) is 72.9 Å². The number of rotatable bonds is 6. The molecule has 0 unspecified atom stereocenters. The summed E-state index contributed by atoms with van der Waals surface area (Å²) in [6, 6.07) is 14.1. The average Bonchev–Trinajstić information content (AvgIpc) is 3.33. The normalized spacial score (nSPS) is 15.0. The van der Waals surface area contributed by atoms with Gasteiger partial charge in [0, 0.05) is 5.56 Å². The Hall–Kier alpha value is -3.53. The molecule has 4 rings (SSSR count). The molecule has 3 aromatic rings. The van der Waals surface area contributed by atoms with Gasteiger partial charge in [0.25, 0.3) is 5.52 Å². The van der Waals surface area contributed by atoms with Gasteiger partial charge in [-0.1, -0.05) is 61.6 Å². The van der Waals surface area contributed by atoms with E-state index in [2.05, 4.69) is 35.9 Å². The van der Waals surface area contributed by atoms with Gasteiger partial charge < -0.3 is 14.5 Å². The van der Waals surface area contributed by atoms with Crippen LogP contribution in [0.25, 0.3) is 17.2 Å². The summed E-state index contributed by atoms with van der Waals surface area (Å²) in [6.07, 6.45) is 14.8. The largest absolute Gasteiger partial charge is 0.439 e. The molecule has 0 radical (unpaired) electrons. The van der Waals surface area contributed by atoms with Crippen LogP contribution in [0.1, 0.15) is 25.3 Å². The molecule has 1 aromatic heterocycles. The fraction of sp³-hybridized carbons (Fsp3) is 0.160. The standard InChI is InChI=1S/C25H24N2O2/c1-3-19-13-12-16-22-25(19)27(4-2)24(29-22)18-9-7-5-6-8-17-23-26-20-14-10-11-15-21(20)28-23/h5-18H,3-4H2,1-2H3/p+1. The summed E-state index contributed by atoms with van der Waals surface area (Å²) in [4.78, 5) is 0. The molecular formula is C25H25N2O2+. The molecule has 0 bridgehead atoms. The first kappa shape index (κ1) is 18.8. The highest BCUT2D eigenvalue weighted by Crippen LogP contribution is 2.32. The zero-order chi connectivity index (χ0) is 20.1. The topological polar surface area (TPSA) is 38.3 Å². The number of hydrogen-bond acceptors (Lipinski definition) is 3. The molecule has 4 nitrogen and oxygen atoms in total. The predicted octanol–water partition coefficient (Wildman–Crippen LogP) is 5.77. The Labute approximate surface area is 171 Å². The van der Waals surface area contributed by atoms with Crippen LogP contribution in [0.15, 0.2) is 89.2 Å². The Bertz CT molecular complexity index is 1110. The number of benzene rings is 2. The van der Waals surface area contributed by atoms with Gasteiger partial charge in [-0.05, 0) is 37.6 Å². The van der Waals surface area contributed by atoms with Crippen LogP contribution < -0.4 is 14.6 Å². The van der Waals surface area contributed by atoms with Gasteiger partial charge in [-0.15, -0.1) is 0 Å². The number of fused-ring (bicyclic) bond motifs is 2. The Morgan fingerprint density at radius 1 is 0.931 bits per heavy atom. The number of oxazole rings is 1. The first-order valence-corrected chi connectivity index (χ1v) is 10.00. The molecule has 29 heavy (non-hydrogen) atoms. The smallest absolute Gasteiger partial charge is 0.374 e. The third-order valence-electron chi connectivity index (χ3n) is 4.83. The number of allylic oxidation sites excluding steroid dienone is 6. The molecule has 0 spiro atoms. The van der Waals surface area contributed by atoms with Gasteiger partial charge >= 0.3 is 5.89 Å². The predicted molar refractivity (Wildman–Crippen MR) is 118 cm³/mol. The zero-order valence-corrected chi connectivity index (χ0v) is 16.8. The Morgan fingerprint density at radius 3 is 2.59 bits per heavy atom. The molecule has 2 aromatic carbocycles. The van der Waals surface area contributed by atoms with Crippen LogP contribution in [-0.4, -0.2) is 0 Å². The minimum atomic E-state index is 0.726. The van der Waals surface area contributed by atoms with E-state index < -0.39 is 0 Å². The minimum absolute atomic E-state index is 0.726. The van der Waals surface area contributed by atoms with Crippen molar-refractivity contribution in [2.75, 3.05) is 5.32 Å². The lowest BCUT2D eigenvalue weighted by Crippen LogP contribution is -2.34. The summed E-state index contributed by atoms with van der Waals surface area (Å²) in [7, 11) is 0. The van der Waals surface area contributed by atoms with Gasteiger partial charge in [0.2, 0.25) is 5.58 Å². The van der Waals surface area contributed by atoms with Crippen LogP contribution in [0.3, 0.4) is 0 Å².